The van der Waals surface area contributed by atoms with Crippen molar-refractivity contribution < 1.29 is 0 Å². The van der Waals surface area contributed by atoms with Gasteiger partial charge in [-0.2, -0.15) is 0 Å². The number of hydrogen-bond acceptors (Lipinski definition) is 3. The molecule has 0 spiro atoms. The first-order valence-electron chi connectivity index (χ1n) is 4.70. The molecule has 72 valence electrons. The van der Waals surface area contributed by atoms with E-state index in [9.17, 15) is 0 Å². The van der Waals surface area contributed by atoms with Crippen LogP contribution in [0.4, 0.5) is 11.5 Å². The molecule has 3 nitrogen and oxygen atoms in total. The lowest BCUT2D eigenvalue weighted by Gasteiger charge is -2.12. The molecular formula is C10H17N3. The number of rotatable bonds is 4. The Hall–Kier alpha value is -1.25. The lowest BCUT2D eigenvalue weighted by Crippen LogP contribution is -2.15. The molecule has 0 radical (unpaired) electrons. The van der Waals surface area contributed by atoms with Gasteiger partial charge in [0.25, 0.3) is 0 Å². The van der Waals surface area contributed by atoms with E-state index in [2.05, 4.69) is 24.1 Å². The van der Waals surface area contributed by atoms with Crippen LogP contribution in [0.1, 0.15) is 26.7 Å². The third-order valence-electron chi connectivity index (χ3n) is 1.90. The van der Waals surface area contributed by atoms with Crippen LogP contribution in [0.15, 0.2) is 18.3 Å². The average Bonchev–Trinajstić information content (AvgIpc) is 2.09. The summed E-state index contributed by atoms with van der Waals surface area (Å²) in [5.74, 6) is 0.898. The maximum Gasteiger partial charge on any atom is 0.126 e. The van der Waals surface area contributed by atoms with Gasteiger partial charge >= 0.3 is 0 Å². The molecule has 1 heterocycles. The zero-order valence-corrected chi connectivity index (χ0v) is 8.25. The fourth-order valence-corrected chi connectivity index (χ4v) is 1.25. The Morgan fingerprint density at radius 3 is 2.85 bits per heavy atom. The molecule has 0 aromatic carbocycles. The van der Waals surface area contributed by atoms with E-state index >= 15 is 0 Å². The Kier molecular flexibility index (Phi) is 3.55. The SMILES string of the molecule is CCCC(C)Nc1ccc(N)cn1. The standard InChI is InChI=1S/C10H17N3/c1-3-4-8(2)13-10-6-5-9(11)7-12-10/h5-8H,3-4,11H2,1-2H3,(H,12,13). The van der Waals surface area contributed by atoms with Gasteiger partial charge in [0.15, 0.2) is 0 Å². The van der Waals surface area contributed by atoms with Crippen molar-refractivity contribution in [2.75, 3.05) is 11.1 Å². The third kappa shape index (κ3) is 3.32. The van der Waals surface area contributed by atoms with Crippen LogP contribution in [0, 0.1) is 0 Å². The van der Waals surface area contributed by atoms with E-state index in [1.165, 1.54) is 6.42 Å². The number of nitrogens with two attached hydrogens (primary N) is 1. The molecule has 0 aliphatic rings. The summed E-state index contributed by atoms with van der Waals surface area (Å²) in [6.07, 6.45) is 4.01. The predicted octanol–water partition coefficient (Wildman–Crippen LogP) is 2.26. The normalized spacial score (nSPS) is 12.5. The maximum atomic E-state index is 5.53. The summed E-state index contributed by atoms with van der Waals surface area (Å²) >= 11 is 0. The fourth-order valence-electron chi connectivity index (χ4n) is 1.25. The minimum Gasteiger partial charge on any atom is -0.397 e. The molecule has 3 N–H and O–H groups in total. The maximum absolute atomic E-state index is 5.53. The molecular weight excluding hydrogens is 162 g/mol. The predicted molar refractivity (Wildman–Crippen MR) is 56.6 cm³/mol. The molecule has 1 unspecified atom stereocenters. The topological polar surface area (TPSA) is 50.9 Å². The highest BCUT2D eigenvalue weighted by Crippen LogP contribution is 2.09. The van der Waals surface area contributed by atoms with Gasteiger partial charge in [0.05, 0.1) is 11.9 Å². The average molecular weight is 179 g/mol. The van der Waals surface area contributed by atoms with Crippen molar-refractivity contribution in [3.63, 3.8) is 0 Å². The van der Waals surface area contributed by atoms with Gasteiger partial charge in [-0.3, -0.25) is 0 Å². The second-order valence-corrected chi connectivity index (χ2v) is 3.31. The monoisotopic (exact) mass is 179 g/mol. The van der Waals surface area contributed by atoms with E-state index in [1.807, 2.05) is 12.1 Å². The molecule has 1 aromatic rings. The number of hydrogen-bond donors (Lipinski definition) is 2. The summed E-state index contributed by atoms with van der Waals surface area (Å²) in [5.41, 5.74) is 6.23. The summed E-state index contributed by atoms with van der Waals surface area (Å²) in [6.45, 7) is 4.33. The number of anilines is 2. The van der Waals surface area contributed by atoms with Crippen molar-refractivity contribution in [1.29, 1.82) is 0 Å². The van der Waals surface area contributed by atoms with Gasteiger partial charge in [0.1, 0.15) is 5.82 Å². The second kappa shape index (κ2) is 4.70. The Morgan fingerprint density at radius 1 is 1.54 bits per heavy atom. The molecule has 0 fully saturated rings. The molecule has 13 heavy (non-hydrogen) atoms. The largest absolute Gasteiger partial charge is 0.397 e. The van der Waals surface area contributed by atoms with E-state index in [1.54, 1.807) is 6.20 Å². The molecule has 3 heteroatoms. The highest BCUT2D eigenvalue weighted by atomic mass is 15.0. The molecule has 0 aliphatic carbocycles. The lowest BCUT2D eigenvalue weighted by molar-refractivity contribution is 0.687. The van der Waals surface area contributed by atoms with Crippen LogP contribution in [-0.2, 0) is 0 Å². The summed E-state index contributed by atoms with van der Waals surface area (Å²) in [6, 6.07) is 4.23. The quantitative estimate of drug-likeness (QED) is 0.745. The van der Waals surface area contributed by atoms with Crippen molar-refractivity contribution in [2.45, 2.75) is 32.7 Å². The summed E-state index contributed by atoms with van der Waals surface area (Å²) in [7, 11) is 0. The van der Waals surface area contributed by atoms with Crippen LogP contribution in [0.2, 0.25) is 0 Å². The van der Waals surface area contributed by atoms with Crippen LogP contribution in [-0.4, -0.2) is 11.0 Å². The van der Waals surface area contributed by atoms with E-state index < -0.39 is 0 Å². The molecule has 1 rings (SSSR count). The van der Waals surface area contributed by atoms with Crippen LogP contribution in [0.3, 0.4) is 0 Å². The minimum absolute atomic E-state index is 0.473. The zero-order valence-electron chi connectivity index (χ0n) is 8.25. The van der Waals surface area contributed by atoms with Gasteiger partial charge in [-0.25, -0.2) is 4.98 Å². The van der Waals surface area contributed by atoms with Crippen LogP contribution in [0.5, 0.6) is 0 Å². The van der Waals surface area contributed by atoms with Gasteiger partial charge in [0, 0.05) is 6.04 Å². The Bertz CT molecular complexity index is 243. The number of nitrogens with zero attached hydrogens (tertiary/aromatic N) is 1. The Morgan fingerprint density at radius 2 is 2.31 bits per heavy atom. The zero-order chi connectivity index (χ0) is 9.68. The first-order chi connectivity index (χ1) is 6.22. The number of pyridine rings is 1. The fraction of sp³-hybridized carbons (Fsp3) is 0.500. The highest BCUT2D eigenvalue weighted by Gasteiger charge is 2.00. The van der Waals surface area contributed by atoms with Crippen molar-refractivity contribution >= 4 is 11.5 Å². The molecule has 0 bridgehead atoms. The first-order valence-corrected chi connectivity index (χ1v) is 4.70. The number of nitrogens with one attached hydrogen (secondary N) is 1. The second-order valence-electron chi connectivity index (χ2n) is 3.31. The summed E-state index contributed by atoms with van der Waals surface area (Å²) in [5, 5.41) is 3.30. The summed E-state index contributed by atoms with van der Waals surface area (Å²) < 4.78 is 0. The third-order valence-corrected chi connectivity index (χ3v) is 1.90. The van der Waals surface area contributed by atoms with Crippen molar-refractivity contribution in [3.8, 4) is 0 Å². The number of aromatic nitrogens is 1. The van der Waals surface area contributed by atoms with E-state index in [0.29, 0.717) is 11.7 Å². The molecule has 0 saturated heterocycles. The number of nitrogen functional groups attached to an aromatic ring is 1. The Labute approximate surface area is 79.4 Å². The smallest absolute Gasteiger partial charge is 0.126 e. The summed E-state index contributed by atoms with van der Waals surface area (Å²) in [4.78, 5) is 4.16. The highest BCUT2D eigenvalue weighted by molar-refractivity contribution is 5.44. The van der Waals surface area contributed by atoms with E-state index in [0.717, 1.165) is 12.2 Å². The first kappa shape index (κ1) is 9.84. The molecule has 1 aromatic heterocycles. The molecule has 0 amide bonds. The van der Waals surface area contributed by atoms with Gasteiger partial charge < -0.3 is 11.1 Å². The molecule has 0 aliphatic heterocycles. The van der Waals surface area contributed by atoms with Crippen LogP contribution < -0.4 is 11.1 Å². The van der Waals surface area contributed by atoms with Gasteiger partial charge in [0.2, 0.25) is 0 Å². The van der Waals surface area contributed by atoms with E-state index in [4.69, 9.17) is 5.73 Å². The lowest BCUT2D eigenvalue weighted by atomic mass is 10.2. The van der Waals surface area contributed by atoms with Crippen molar-refractivity contribution in [2.24, 2.45) is 0 Å². The van der Waals surface area contributed by atoms with Crippen molar-refractivity contribution in [3.05, 3.63) is 18.3 Å². The van der Waals surface area contributed by atoms with Crippen LogP contribution in [0.25, 0.3) is 0 Å². The molecule has 1 atom stereocenters. The van der Waals surface area contributed by atoms with Crippen LogP contribution >= 0.6 is 0 Å². The van der Waals surface area contributed by atoms with Gasteiger partial charge in [-0.15, -0.1) is 0 Å². The van der Waals surface area contributed by atoms with Crippen molar-refractivity contribution in [1.82, 2.24) is 4.98 Å². The van der Waals surface area contributed by atoms with Gasteiger partial charge in [-0.1, -0.05) is 13.3 Å². The Balaban J connectivity index is 2.49. The van der Waals surface area contributed by atoms with E-state index in [-0.39, 0.29) is 0 Å². The molecule has 0 saturated carbocycles. The minimum atomic E-state index is 0.473. The van der Waals surface area contributed by atoms with Gasteiger partial charge in [-0.05, 0) is 25.5 Å².